The number of halogens is 2. The second-order valence-corrected chi connectivity index (χ2v) is 8.49. The predicted octanol–water partition coefficient (Wildman–Crippen LogP) is 5.01. The van der Waals surface area contributed by atoms with Crippen molar-refractivity contribution in [2.24, 2.45) is 0 Å². The number of nitrogens with one attached hydrogen (secondary N) is 1. The second kappa shape index (κ2) is 6.76. The van der Waals surface area contributed by atoms with E-state index in [1.807, 2.05) is 41.8 Å². The van der Waals surface area contributed by atoms with Gasteiger partial charge in [-0.25, -0.2) is 9.19 Å². The number of nitrogens with zero attached hydrogens (tertiary/aromatic N) is 3. The molecule has 0 spiro atoms. The summed E-state index contributed by atoms with van der Waals surface area (Å²) in [5.41, 5.74) is 1.29. The Morgan fingerprint density at radius 2 is 1.96 bits per heavy atom. The average molecular weight is 409 g/mol. The molecule has 0 saturated carbocycles. The van der Waals surface area contributed by atoms with Gasteiger partial charge in [0.05, 0.1) is 21.2 Å². The van der Waals surface area contributed by atoms with Crippen molar-refractivity contribution < 1.29 is 4.21 Å². The van der Waals surface area contributed by atoms with Crippen LogP contribution in [0, 0.1) is 0 Å². The van der Waals surface area contributed by atoms with E-state index in [9.17, 15) is 4.21 Å². The SMILES string of the molecule is O=S(c1ccc(Nc2cc(Cl)nc3c(Cl)cnn23)cc1)c1cccs1. The third-order valence-corrected chi connectivity index (χ3v) is 6.48. The molecular weight excluding hydrogens is 399 g/mol. The maximum atomic E-state index is 12.4. The Kier molecular flexibility index (Phi) is 4.47. The smallest absolute Gasteiger partial charge is 0.177 e. The van der Waals surface area contributed by atoms with Gasteiger partial charge in [-0.2, -0.15) is 9.61 Å². The minimum atomic E-state index is -1.17. The molecule has 126 valence electrons. The van der Waals surface area contributed by atoms with Crippen molar-refractivity contribution in [1.29, 1.82) is 0 Å². The fraction of sp³-hybridized carbons (Fsp3) is 0. The van der Waals surface area contributed by atoms with Crippen molar-refractivity contribution in [1.82, 2.24) is 14.6 Å². The van der Waals surface area contributed by atoms with Crippen LogP contribution in [0.3, 0.4) is 0 Å². The van der Waals surface area contributed by atoms with Gasteiger partial charge in [0.25, 0.3) is 0 Å². The molecule has 1 aromatic carbocycles. The molecule has 0 radical (unpaired) electrons. The van der Waals surface area contributed by atoms with Gasteiger partial charge in [-0.1, -0.05) is 29.3 Å². The molecule has 0 amide bonds. The van der Waals surface area contributed by atoms with E-state index < -0.39 is 10.8 Å². The molecule has 9 heteroatoms. The molecule has 5 nitrogen and oxygen atoms in total. The number of anilines is 2. The summed E-state index contributed by atoms with van der Waals surface area (Å²) < 4.78 is 14.8. The molecule has 0 fully saturated rings. The number of rotatable bonds is 4. The summed E-state index contributed by atoms with van der Waals surface area (Å²) in [6.45, 7) is 0. The summed E-state index contributed by atoms with van der Waals surface area (Å²) >= 11 is 13.6. The van der Waals surface area contributed by atoms with Gasteiger partial charge >= 0.3 is 0 Å². The number of thiophene rings is 1. The highest BCUT2D eigenvalue weighted by atomic mass is 35.5. The molecule has 3 heterocycles. The monoisotopic (exact) mass is 408 g/mol. The lowest BCUT2D eigenvalue weighted by atomic mass is 10.3. The van der Waals surface area contributed by atoms with Crippen molar-refractivity contribution in [3.63, 3.8) is 0 Å². The van der Waals surface area contributed by atoms with Gasteiger partial charge in [0, 0.05) is 16.6 Å². The Balaban J connectivity index is 1.63. The van der Waals surface area contributed by atoms with Crippen molar-refractivity contribution in [3.8, 4) is 0 Å². The van der Waals surface area contributed by atoms with E-state index in [1.54, 1.807) is 10.6 Å². The zero-order chi connectivity index (χ0) is 17.4. The van der Waals surface area contributed by atoms with Crippen LogP contribution in [-0.4, -0.2) is 18.8 Å². The van der Waals surface area contributed by atoms with Crippen LogP contribution in [0.25, 0.3) is 5.65 Å². The topological polar surface area (TPSA) is 59.3 Å². The van der Waals surface area contributed by atoms with Gasteiger partial charge in [-0.05, 0) is 35.7 Å². The Bertz CT molecular complexity index is 1060. The molecule has 1 unspecified atom stereocenters. The number of aromatic nitrogens is 3. The second-order valence-electron chi connectivity index (χ2n) is 5.04. The standard InChI is InChI=1S/C16H10Cl2N4OS2/c17-12-9-19-22-14(8-13(18)21-16(12)22)20-10-3-5-11(6-4-10)25(23)15-2-1-7-24-15/h1-9,20H. The average Bonchev–Trinajstić information content (AvgIpc) is 3.26. The Labute approximate surface area is 159 Å². The highest BCUT2D eigenvalue weighted by Gasteiger charge is 2.11. The van der Waals surface area contributed by atoms with Crippen molar-refractivity contribution in [2.75, 3.05) is 5.32 Å². The Hall–Kier alpha value is -1.93. The summed E-state index contributed by atoms with van der Waals surface area (Å²) in [4.78, 5) is 4.90. The first kappa shape index (κ1) is 16.5. The third kappa shape index (κ3) is 3.28. The number of hydrogen-bond donors (Lipinski definition) is 1. The van der Waals surface area contributed by atoms with Gasteiger partial charge in [0.2, 0.25) is 0 Å². The first-order valence-electron chi connectivity index (χ1n) is 7.14. The number of hydrogen-bond acceptors (Lipinski definition) is 5. The van der Waals surface area contributed by atoms with Crippen molar-refractivity contribution in [2.45, 2.75) is 9.10 Å². The minimum absolute atomic E-state index is 0.313. The van der Waals surface area contributed by atoms with Crippen LogP contribution < -0.4 is 5.32 Å². The predicted molar refractivity (Wildman–Crippen MR) is 102 cm³/mol. The van der Waals surface area contributed by atoms with Gasteiger partial charge in [-0.3, -0.25) is 0 Å². The van der Waals surface area contributed by atoms with E-state index in [1.165, 1.54) is 17.5 Å². The molecule has 4 aromatic rings. The number of benzene rings is 1. The highest BCUT2D eigenvalue weighted by molar-refractivity contribution is 7.87. The summed E-state index contributed by atoms with van der Waals surface area (Å²) in [5.74, 6) is 0.633. The molecule has 25 heavy (non-hydrogen) atoms. The van der Waals surface area contributed by atoms with Gasteiger partial charge in [0.1, 0.15) is 16.0 Å². The maximum Gasteiger partial charge on any atom is 0.177 e. The van der Waals surface area contributed by atoms with E-state index in [-0.39, 0.29) is 0 Å². The van der Waals surface area contributed by atoms with Gasteiger partial charge in [-0.15, -0.1) is 11.3 Å². The summed E-state index contributed by atoms with van der Waals surface area (Å²) in [6, 6.07) is 12.8. The highest BCUT2D eigenvalue weighted by Crippen LogP contribution is 2.26. The summed E-state index contributed by atoms with van der Waals surface area (Å²) in [5, 5.41) is 10.1. The van der Waals surface area contributed by atoms with E-state index in [4.69, 9.17) is 23.2 Å². The van der Waals surface area contributed by atoms with Gasteiger partial charge < -0.3 is 5.32 Å². The Morgan fingerprint density at radius 3 is 2.68 bits per heavy atom. The molecule has 0 bridgehead atoms. The number of fused-ring (bicyclic) bond motifs is 1. The lowest BCUT2D eigenvalue weighted by molar-refractivity contribution is 0.684. The maximum absolute atomic E-state index is 12.4. The van der Waals surface area contributed by atoms with Crippen LogP contribution in [0.4, 0.5) is 11.5 Å². The molecule has 1 N–H and O–H groups in total. The molecule has 0 aliphatic heterocycles. The molecule has 0 aliphatic carbocycles. The normalized spacial score (nSPS) is 12.4. The fourth-order valence-corrected chi connectivity index (χ4v) is 4.71. The molecule has 1 atom stereocenters. The molecule has 4 rings (SSSR count). The summed E-state index contributed by atoms with van der Waals surface area (Å²) in [7, 11) is -1.17. The van der Waals surface area contributed by atoms with Crippen LogP contribution in [0.5, 0.6) is 0 Å². The molecule has 0 saturated heterocycles. The zero-order valence-corrected chi connectivity index (χ0v) is 15.7. The third-order valence-electron chi connectivity index (χ3n) is 3.42. The summed E-state index contributed by atoms with van der Waals surface area (Å²) in [6.07, 6.45) is 1.51. The van der Waals surface area contributed by atoms with Crippen molar-refractivity contribution in [3.05, 3.63) is 64.2 Å². The molecular formula is C16H10Cl2N4OS2. The Morgan fingerprint density at radius 1 is 1.16 bits per heavy atom. The zero-order valence-electron chi connectivity index (χ0n) is 12.5. The van der Waals surface area contributed by atoms with Crippen LogP contribution in [0.15, 0.2) is 63.1 Å². The van der Waals surface area contributed by atoms with Crippen LogP contribution in [0.2, 0.25) is 10.2 Å². The minimum Gasteiger partial charge on any atom is -0.340 e. The quantitative estimate of drug-likeness (QED) is 0.482. The van der Waals surface area contributed by atoms with E-state index in [0.29, 0.717) is 21.6 Å². The lowest BCUT2D eigenvalue weighted by Crippen LogP contribution is -2.01. The largest absolute Gasteiger partial charge is 0.340 e. The van der Waals surface area contributed by atoms with Gasteiger partial charge in [0.15, 0.2) is 5.65 Å². The first-order valence-corrected chi connectivity index (χ1v) is 9.92. The first-order chi connectivity index (χ1) is 12.1. The molecule has 3 aromatic heterocycles. The fourth-order valence-electron chi connectivity index (χ4n) is 2.29. The van der Waals surface area contributed by atoms with Crippen molar-refractivity contribution >= 4 is 62.5 Å². The van der Waals surface area contributed by atoms with Crippen LogP contribution in [0.1, 0.15) is 0 Å². The van der Waals surface area contributed by atoms with E-state index in [0.717, 1.165) is 14.8 Å². The van der Waals surface area contributed by atoms with E-state index in [2.05, 4.69) is 15.4 Å². The van der Waals surface area contributed by atoms with E-state index >= 15 is 0 Å². The van der Waals surface area contributed by atoms with Crippen LogP contribution >= 0.6 is 34.5 Å². The lowest BCUT2D eigenvalue weighted by Gasteiger charge is -2.09. The van der Waals surface area contributed by atoms with Crippen LogP contribution in [-0.2, 0) is 10.8 Å². The molecule has 0 aliphatic rings.